The van der Waals surface area contributed by atoms with E-state index in [-0.39, 0.29) is 6.10 Å². The van der Waals surface area contributed by atoms with Crippen LogP contribution in [-0.2, 0) is 5.11 Å². The molecule has 0 heterocycles. The largest absolute Gasteiger partial charge is 0.233 e. The molecule has 1 heteroatoms. The minimum Gasteiger partial charge on any atom is -0.233 e. The van der Waals surface area contributed by atoms with Crippen molar-refractivity contribution in [2.45, 2.75) is 25.9 Å². The Morgan fingerprint density at radius 1 is 1.50 bits per heavy atom. The maximum absolute atomic E-state index is 10.3. The minimum atomic E-state index is -0.218. The Morgan fingerprint density at radius 2 is 2.00 bits per heavy atom. The molecule has 0 aromatic heterocycles. The van der Waals surface area contributed by atoms with Crippen molar-refractivity contribution in [1.29, 1.82) is 0 Å². The van der Waals surface area contributed by atoms with Gasteiger partial charge in [-0.15, -0.1) is 0 Å². The van der Waals surface area contributed by atoms with Crippen LogP contribution in [0.2, 0.25) is 0 Å². The first kappa shape index (κ1) is 4.13. The van der Waals surface area contributed by atoms with Gasteiger partial charge in [0.15, 0.2) is 0 Å². The summed E-state index contributed by atoms with van der Waals surface area (Å²) >= 11 is 0. The molecule has 1 aliphatic rings. The van der Waals surface area contributed by atoms with Crippen molar-refractivity contribution in [3.05, 3.63) is 0 Å². The zero-order chi connectivity index (χ0) is 4.57. The van der Waals surface area contributed by atoms with Gasteiger partial charge < -0.3 is 0 Å². The maximum atomic E-state index is 10.3. The predicted octanol–water partition coefficient (Wildman–Crippen LogP) is 1.22. The topological polar surface area (TPSA) is 19.9 Å². The van der Waals surface area contributed by atoms with Crippen LogP contribution in [0.15, 0.2) is 0 Å². The van der Waals surface area contributed by atoms with Crippen molar-refractivity contribution < 1.29 is 5.11 Å². The van der Waals surface area contributed by atoms with Gasteiger partial charge in [0.25, 0.3) is 0 Å². The van der Waals surface area contributed by atoms with Gasteiger partial charge in [-0.1, -0.05) is 6.92 Å². The molecule has 1 saturated carbocycles. The number of rotatable bonds is 0. The normalized spacial score (nSPS) is 45.0. The second kappa shape index (κ2) is 1.23. The predicted molar refractivity (Wildman–Crippen MR) is 22.9 cm³/mol. The zero-order valence-corrected chi connectivity index (χ0v) is 3.98. The van der Waals surface area contributed by atoms with E-state index in [0.29, 0.717) is 5.92 Å². The Bertz CT molecular complexity index is 43.9. The molecule has 1 radical (unpaired) electrons. The van der Waals surface area contributed by atoms with Gasteiger partial charge in [0.1, 0.15) is 0 Å². The molecule has 2 atom stereocenters. The third-order valence-corrected chi connectivity index (χ3v) is 1.54. The highest BCUT2D eigenvalue weighted by molar-refractivity contribution is 4.74. The maximum Gasteiger partial charge on any atom is 0.0955 e. The molecule has 1 rings (SSSR count). The van der Waals surface area contributed by atoms with Crippen LogP contribution in [0, 0.1) is 5.92 Å². The third kappa shape index (κ3) is 0.432. The van der Waals surface area contributed by atoms with Gasteiger partial charge in [0, 0.05) is 0 Å². The van der Waals surface area contributed by atoms with E-state index in [1.165, 1.54) is 0 Å². The summed E-state index contributed by atoms with van der Waals surface area (Å²) in [6.07, 6.45) is 1.86. The smallest absolute Gasteiger partial charge is 0.0955 e. The highest BCUT2D eigenvalue weighted by atomic mass is 16.3. The average Bonchev–Trinajstić information content (AvgIpc) is 1.61. The first-order chi connectivity index (χ1) is 2.80. The van der Waals surface area contributed by atoms with Crippen LogP contribution >= 0.6 is 0 Å². The molecule has 1 nitrogen and oxygen atoms in total. The van der Waals surface area contributed by atoms with Crippen molar-refractivity contribution in [2.75, 3.05) is 0 Å². The SMILES string of the molecule is CC1CCC1[O]. The molecule has 1 aliphatic carbocycles. The summed E-state index contributed by atoms with van der Waals surface area (Å²) in [5, 5.41) is 10.3. The lowest BCUT2D eigenvalue weighted by atomic mass is 9.84. The molecule has 0 aromatic carbocycles. The van der Waals surface area contributed by atoms with E-state index >= 15 is 0 Å². The highest BCUT2D eigenvalue weighted by Gasteiger charge is 2.25. The Kier molecular flexibility index (Phi) is 0.845. The van der Waals surface area contributed by atoms with E-state index in [2.05, 4.69) is 0 Å². The standard InChI is InChI=1S/C5H9O/c1-4-2-3-5(4)6/h4-5H,2-3H2,1H3. The summed E-state index contributed by atoms with van der Waals surface area (Å²) in [5.41, 5.74) is 0. The number of hydrogen-bond donors (Lipinski definition) is 0. The van der Waals surface area contributed by atoms with E-state index in [0.717, 1.165) is 12.8 Å². The second-order valence-corrected chi connectivity index (χ2v) is 2.09. The summed E-state index contributed by atoms with van der Waals surface area (Å²) in [6, 6.07) is 0. The second-order valence-electron chi connectivity index (χ2n) is 2.09. The van der Waals surface area contributed by atoms with E-state index in [4.69, 9.17) is 0 Å². The van der Waals surface area contributed by atoms with Crippen molar-refractivity contribution in [3.8, 4) is 0 Å². The molecule has 2 unspecified atom stereocenters. The van der Waals surface area contributed by atoms with Crippen LogP contribution in [0.4, 0.5) is 0 Å². The molecule has 35 valence electrons. The van der Waals surface area contributed by atoms with Crippen molar-refractivity contribution in [1.82, 2.24) is 0 Å². The molecule has 0 aliphatic heterocycles. The van der Waals surface area contributed by atoms with Crippen LogP contribution < -0.4 is 0 Å². The van der Waals surface area contributed by atoms with Gasteiger partial charge in [0.2, 0.25) is 0 Å². The Hall–Kier alpha value is -0.0400. The van der Waals surface area contributed by atoms with E-state index in [1.807, 2.05) is 6.92 Å². The van der Waals surface area contributed by atoms with E-state index in [1.54, 1.807) is 0 Å². The summed E-state index contributed by atoms with van der Waals surface area (Å²) < 4.78 is 0. The Labute approximate surface area is 38.0 Å². The van der Waals surface area contributed by atoms with Gasteiger partial charge in [0.05, 0.1) is 6.10 Å². The van der Waals surface area contributed by atoms with Gasteiger partial charge >= 0.3 is 0 Å². The van der Waals surface area contributed by atoms with Crippen LogP contribution in [0.25, 0.3) is 0 Å². The fourth-order valence-electron chi connectivity index (χ4n) is 0.636. The highest BCUT2D eigenvalue weighted by Crippen LogP contribution is 2.26. The minimum absolute atomic E-state index is 0.218. The fourth-order valence-corrected chi connectivity index (χ4v) is 0.636. The first-order valence-electron chi connectivity index (χ1n) is 2.46. The molecule has 6 heavy (non-hydrogen) atoms. The van der Waals surface area contributed by atoms with Crippen molar-refractivity contribution in [3.63, 3.8) is 0 Å². The first-order valence-corrected chi connectivity index (χ1v) is 2.46. The molecule has 0 N–H and O–H groups in total. The molecule has 0 saturated heterocycles. The van der Waals surface area contributed by atoms with Gasteiger partial charge in [-0.05, 0) is 18.8 Å². The third-order valence-electron chi connectivity index (χ3n) is 1.54. The summed E-state index contributed by atoms with van der Waals surface area (Å²) in [7, 11) is 0. The van der Waals surface area contributed by atoms with Crippen LogP contribution in [0.5, 0.6) is 0 Å². The molecular weight excluding hydrogens is 76.1 g/mol. The zero-order valence-electron chi connectivity index (χ0n) is 3.98. The molecule has 0 bridgehead atoms. The lowest BCUT2D eigenvalue weighted by Crippen LogP contribution is -2.26. The summed E-state index contributed by atoms with van der Waals surface area (Å²) in [4.78, 5) is 0. The molecular formula is C5H9O. The van der Waals surface area contributed by atoms with Crippen LogP contribution in [0.3, 0.4) is 0 Å². The molecule has 1 fully saturated rings. The Morgan fingerprint density at radius 3 is 2.00 bits per heavy atom. The molecule has 0 spiro atoms. The lowest BCUT2D eigenvalue weighted by Gasteiger charge is -2.25. The van der Waals surface area contributed by atoms with Gasteiger partial charge in [-0.25, -0.2) is 5.11 Å². The van der Waals surface area contributed by atoms with E-state index < -0.39 is 0 Å². The molecule has 0 amide bonds. The lowest BCUT2D eigenvalue weighted by molar-refractivity contribution is -0.0242. The quantitative estimate of drug-likeness (QED) is 0.421. The van der Waals surface area contributed by atoms with Crippen molar-refractivity contribution >= 4 is 0 Å². The van der Waals surface area contributed by atoms with Gasteiger partial charge in [-0.3, -0.25) is 0 Å². The van der Waals surface area contributed by atoms with E-state index in [9.17, 15) is 5.11 Å². The Balaban J connectivity index is 2.20. The monoisotopic (exact) mass is 85.1 g/mol. The van der Waals surface area contributed by atoms with Crippen molar-refractivity contribution in [2.24, 2.45) is 5.92 Å². The fraction of sp³-hybridized carbons (Fsp3) is 1.00. The van der Waals surface area contributed by atoms with Crippen LogP contribution in [0.1, 0.15) is 19.8 Å². The number of hydrogen-bond acceptors (Lipinski definition) is 0. The summed E-state index contributed by atoms with van der Waals surface area (Å²) in [5.74, 6) is 0.477. The summed E-state index contributed by atoms with van der Waals surface area (Å²) in [6.45, 7) is 2.02. The van der Waals surface area contributed by atoms with Gasteiger partial charge in [-0.2, -0.15) is 0 Å². The van der Waals surface area contributed by atoms with Crippen LogP contribution in [-0.4, -0.2) is 6.10 Å². The average molecular weight is 85.1 g/mol. The molecule has 0 aromatic rings.